The van der Waals surface area contributed by atoms with Crippen LogP contribution in [0.1, 0.15) is 13.3 Å². The number of hydrogen-bond donors (Lipinski definition) is 0. The maximum absolute atomic E-state index is 5.03. The van der Waals surface area contributed by atoms with Gasteiger partial charge >= 0.3 is 0 Å². The molecule has 0 spiro atoms. The second-order valence-corrected chi connectivity index (χ2v) is 2.73. The molecule has 0 atom stereocenters. The fourth-order valence-electron chi connectivity index (χ4n) is 1.04. The average Bonchev–Trinajstić information content (AvgIpc) is 2.17. The summed E-state index contributed by atoms with van der Waals surface area (Å²) in [5, 5.41) is 0. The van der Waals surface area contributed by atoms with Crippen molar-refractivity contribution < 1.29 is 4.74 Å². The quantitative estimate of drug-likeness (QED) is 0.587. The van der Waals surface area contributed by atoms with Crippen molar-refractivity contribution in [2.45, 2.75) is 13.3 Å². The van der Waals surface area contributed by atoms with Gasteiger partial charge in [-0.15, -0.1) is 0 Å². The largest absolute Gasteiger partial charge is 0.380 e. The summed E-state index contributed by atoms with van der Waals surface area (Å²) in [6, 6.07) is 0. The van der Waals surface area contributed by atoms with Crippen LogP contribution in [0.3, 0.4) is 0 Å². The van der Waals surface area contributed by atoms with Crippen LogP contribution in [0.4, 0.5) is 0 Å². The van der Waals surface area contributed by atoms with Crippen molar-refractivity contribution in [1.82, 2.24) is 0 Å². The molecule has 1 aliphatic carbocycles. The van der Waals surface area contributed by atoms with Crippen LogP contribution in [0.2, 0.25) is 0 Å². The van der Waals surface area contributed by atoms with E-state index in [9.17, 15) is 0 Å². The van der Waals surface area contributed by atoms with Crippen LogP contribution in [0.15, 0.2) is 35.5 Å². The first-order valence-corrected chi connectivity index (χ1v) is 3.86. The van der Waals surface area contributed by atoms with Crippen LogP contribution >= 0.6 is 0 Å². The highest BCUT2D eigenvalue weighted by Crippen LogP contribution is 2.09. The minimum absolute atomic E-state index is 0.720. The summed E-state index contributed by atoms with van der Waals surface area (Å²) in [5.74, 6) is 0. The van der Waals surface area contributed by atoms with Crippen molar-refractivity contribution in [2.75, 3.05) is 13.7 Å². The van der Waals surface area contributed by atoms with Crippen molar-refractivity contribution in [3.05, 3.63) is 35.5 Å². The maximum Gasteiger partial charge on any atom is 0.0710 e. The first kappa shape index (κ1) is 8.28. The van der Waals surface area contributed by atoms with Crippen LogP contribution in [0.25, 0.3) is 0 Å². The number of rotatable bonds is 2. The molecular formula is C10H14O. The molecule has 1 rings (SSSR count). The molecule has 0 bridgehead atoms. The molecule has 0 aromatic carbocycles. The molecule has 60 valence electrons. The maximum atomic E-state index is 5.03. The van der Waals surface area contributed by atoms with E-state index in [-0.39, 0.29) is 0 Å². The topological polar surface area (TPSA) is 9.23 Å². The van der Waals surface area contributed by atoms with E-state index >= 15 is 0 Å². The van der Waals surface area contributed by atoms with Crippen molar-refractivity contribution in [3.63, 3.8) is 0 Å². The molecule has 0 unspecified atom stereocenters. The zero-order chi connectivity index (χ0) is 8.10. The van der Waals surface area contributed by atoms with Crippen LogP contribution in [-0.2, 0) is 4.74 Å². The van der Waals surface area contributed by atoms with Crippen molar-refractivity contribution in [2.24, 2.45) is 0 Å². The molecule has 0 N–H and O–H groups in total. The van der Waals surface area contributed by atoms with Gasteiger partial charge in [0, 0.05) is 7.11 Å². The number of ether oxygens (including phenoxy) is 1. The zero-order valence-electron chi connectivity index (χ0n) is 7.13. The lowest BCUT2D eigenvalue weighted by Crippen LogP contribution is -1.89. The lowest BCUT2D eigenvalue weighted by molar-refractivity contribution is 0.228. The van der Waals surface area contributed by atoms with Gasteiger partial charge in [-0.2, -0.15) is 0 Å². The van der Waals surface area contributed by atoms with E-state index in [0.717, 1.165) is 13.0 Å². The van der Waals surface area contributed by atoms with Gasteiger partial charge in [0.1, 0.15) is 0 Å². The predicted molar refractivity (Wildman–Crippen MR) is 47.5 cm³/mol. The summed E-state index contributed by atoms with van der Waals surface area (Å²) in [4.78, 5) is 0. The zero-order valence-corrected chi connectivity index (χ0v) is 7.13. The monoisotopic (exact) mass is 150 g/mol. The molecule has 1 nitrogen and oxygen atoms in total. The van der Waals surface area contributed by atoms with E-state index < -0.39 is 0 Å². The summed E-state index contributed by atoms with van der Waals surface area (Å²) in [5.41, 5.74) is 2.59. The molecule has 0 aliphatic heterocycles. The van der Waals surface area contributed by atoms with E-state index in [1.807, 2.05) is 0 Å². The Kier molecular flexibility index (Phi) is 3.12. The smallest absolute Gasteiger partial charge is 0.0710 e. The summed E-state index contributed by atoms with van der Waals surface area (Å²) in [6.45, 7) is 2.83. The van der Waals surface area contributed by atoms with Gasteiger partial charge in [0.15, 0.2) is 0 Å². The Morgan fingerprint density at radius 3 is 2.91 bits per heavy atom. The molecule has 1 aliphatic rings. The first-order chi connectivity index (χ1) is 5.33. The molecule has 0 saturated heterocycles. The van der Waals surface area contributed by atoms with Gasteiger partial charge in [0.25, 0.3) is 0 Å². The van der Waals surface area contributed by atoms with Gasteiger partial charge < -0.3 is 4.74 Å². The summed E-state index contributed by atoms with van der Waals surface area (Å²) < 4.78 is 5.03. The first-order valence-electron chi connectivity index (χ1n) is 3.86. The molecule has 11 heavy (non-hydrogen) atoms. The van der Waals surface area contributed by atoms with E-state index in [4.69, 9.17) is 4.74 Å². The van der Waals surface area contributed by atoms with Crippen LogP contribution < -0.4 is 0 Å². The predicted octanol–water partition coefficient (Wildman–Crippen LogP) is 2.47. The van der Waals surface area contributed by atoms with Crippen LogP contribution in [0.5, 0.6) is 0 Å². The molecule has 0 amide bonds. The summed E-state index contributed by atoms with van der Waals surface area (Å²) >= 11 is 0. The molecule has 0 aromatic rings. The Bertz CT molecular complexity index is 209. The fourth-order valence-corrected chi connectivity index (χ4v) is 1.04. The van der Waals surface area contributed by atoms with Crippen molar-refractivity contribution >= 4 is 0 Å². The Balaban J connectivity index is 2.58. The van der Waals surface area contributed by atoms with Gasteiger partial charge in [-0.25, -0.2) is 0 Å². The Labute approximate surface area is 68.1 Å². The van der Waals surface area contributed by atoms with Crippen molar-refractivity contribution in [1.29, 1.82) is 0 Å². The van der Waals surface area contributed by atoms with E-state index in [1.165, 1.54) is 11.1 Å². The highest BCUT2D eigenvalue weighted by Gasteiger charge is 1.93. The lowest BCUT2D eigenvalue weighted by Gasteiger charge is -1.96. The van der Waals surface area contributed by atoms with Gasteiger partial charge in [-0.3, -0.25) is 0 Å². The molecular weight excluding hydrogens is 136 g/mol. The van der Waals surface area contributed by atoms with Crippen LogP contribution in [-0.4, -0.2) is 13.7 Å². The van der Waals surface area contributed by atoms with Crippen LogP contribution in [0, 0.1) is 0 Å². The molecule has 0 heterocycles. The Hall–Kier alpha value is -0.820. The third-order valence-electron chi connectivity index (χ3n) is 1.69. The third kappa shape index (κ3) is 2.72. The SMILES string of the molecule is COCC1=CCC=C(C)C=C1. The number of allylic oxidation sites excluding steroid dienone is 4. The molecule has 0 radical (unpaired) electrons. The van der Waals surface area contributed by atoms with Crippen molar-refractivity contribution in [3.8, 4) is 0 Å². The Morgan fingerprint density at radius 2 is 2.18 bits per heavy atom. The second-order valence-electron chi connectivity index (χ2n) is 2.73. The summed E-state index contributed by atoms with van der Waals surface area (Å²) in [7, 11) is 1.72. The average molecular weight is 150 g/mol. The number of hydrogen-bond acceptors (Lipinski definition) is 1. The van der Waals surface area contributed by atoms with E-state index in [0.29, 0.717) is 0 Å². The van der Waals surface area contributed by atoms with Gasteiger partial charge in [0.2, 0.25) is 0 Å². The minimum Gasteiger partial charge on any atom is -0.380 e. The van der Waals surface area contributed by atoms with Gasteiger partial charge in [0.05, 0.1) is 6.61 Å². The molecule has 0 fully saturated rings. The number of methoxy groups -OCH3 is 1. The van der Waals surface area contributed by atoms with E-state index in [1.54, 1.807) is 7.11 Å². The minimum atomic E-state index is 0.720. The molecule has 0 saturated carbocycles. The lowest BCUT2D eigenvalue weighted by atomic mass is 10.2. The second kappa shape index (κ2) is 4.14. The Morgan fingerprint density at radius 1 is 1.36 bits per heavy atom. The highest BCUT2D eigenvalue weighted by molar-refractivity contribution is 5.31. The van der Waals surface area contributed by atoms with Gasteiger partial charge in [-0.1, -0.05) is 29.9 Å². The normalized spacial score (nSPS) is 17.3. The fraction of sp³-hybridized carbons (Fsp3) is 0.400. The van der Waals surface area contributed by atoms with Gasteiger partial charge in [-0.05, 0) is 18.9 Å². The molecule has 0 aromatic heterocycles. The third-order valence-corrected chi connectivity index (χ3v) is 1.69. The standard InChI is InChI=1S/C10H14O/c1-9-4-3-5-10(7-6-9)8-11-2/h4-7H,3,8H2,1-2H3. The summed E-state index contributed by atoms with van der Waals surface area (Å²) in [6.07, 6.45) is 9.66. The molecule has 1 heteroatoms. The van der Waals surface area contributed by atoms with E-state index in [2.05, 4.69) is 31.2 Å². The highest BCUT2D eigenvalue weighted by atomic mass is 16.5.